The summed E-state index contributed by atoms with van der Waals surface area (Å²) in [5.74, 6) is 4.30. The van der Waals surface area contributed by atoms with E-state index in [0.29, 0.717) is 29.4 Å². The molecule has 4 aliphatic rings. The minimum atomic E-state index is 0.118. The number of nitrogens with zero attached hydrogens (tertiary/aromatic N) is 3. The molecule has 0 aliphatic heterocycles. The van der Waals surface area contributed by atoms with Gasteiger partial charge in [-0.15, -0.1) is 0 Å². The van der Waals surface area contributed by atoms with Gasteiger partial charge in [0.15, 0.2) is 11.5 Å². The van der Waals surface area contributed by atoms with Gasteiger partial charge in [-0.3, -0.25) is 9.48 Å². The predicted molar refractivity (Wildman–Crippen MR) is 123 cm³/mol. The van der Waals surface area contributed by atoms with Gasteiger partial charge in [-0.2, -0.15) is 10.4 Å². The first-order chi connectivity index (χ1) is 15.4. The number of carbonyl (C=O) groups excluding carboxylic acids is 1. The van der Waals surface area contributed by atoms with E-state index in [4.69, 9.17) is 10.00 Å². The Morgan fingerprint density at radius 3 is 2.81 bits per heavy atom. The Morgan fingerprint density at radius 2 is 2.06 bits per heavy atom. The Hall–Kier alpha value is -1.67. The summed E-state index contributed by atoms with van der Waals surface area (Å²) in [5.41, 5.74) is 0.874. The minimum absolute atomic E-state index is 0.118. The van der Waals surface area contributed by atoms with E-state index in [0.717, 1.165) is 36.7 Å². The Kier molecular flexibility index (Phi) is 5.73. The zero-order valence-corrected chi connectivity index (χ0v) is 20.1. The molecule has 5 rings (SSSR count). The van der Waals surface area contributed by atoms with E-state index in [1.807, 2.05) is 7.11 Å². The Labute approximate surface area is 192 Å². The summed E-state index contributed by atoms with van der Waals surface area (Å²) in [7, 11) is 1.90. The molecule has 0 N–H and O–H groups in total. The fourth-order valence-corrected chi connectivity index (χ4v) is 9.12. The number of fused-ring (bicyclic) bond motifs is 5. The molecular formula is C27H39N3O2. The van der Waals surface area contributed by atoms with Crippen molar-refractivity contribution in [3.63, 3.8) is 0 Å². The second-order valence-corrected chi connectivity index (χ2v) is 11.8. The van der Waals surface area contributed by atoms with Gasteiger partial charge < -0.3 is 4.74 Å². The molecule has 1 aromatic rings. The first kappa shape index (κ1) is 22.1. The van der Waals surface area contributed by atoms with Crippen molar-refractivity contribution in [3.05, 3.63) is 18.0 Å². The van der Waals surface area contributed by atoms with Gasteiger partial charge in [-0.1, -0.05) is 20.3 Å². The summed E-state index contributed by atoms with van der Waals surface area (Å²) >= 11 is 0. The van der Waals surface area contributed by atoms with Crippen molar-refractivity contribution in [1.29, 1.82) is 5.26 Å². The standard InChI is InChI=1S/C27H39N3O2/c1-18-8-12-27(17-32-3)19(14-18)4-5-21-22-6-7-24(26(22,2)11-9-23(21)27)25(31)16-30-13-10-20(15-28)29-30/h10,13,18-19,21-24H,4-9,11-12,14,16-17H2,1-3H3. The summed E-state index contributed by atoms with van der Waals surface area (Å²) in [6, 6.07) is 3.75. The summed E-state index contributed by atoms with van der Waals surface area (Å²) in [4.78, 5) is 13.4. The highest BCUT2D eigenvalue weighted by Crippen LogP contribution is 2.68. The number of ether oxygens (including phenoxy) is 1. The van der Waals surface area contributed by atoms with E-state index in [1.165, 1.54) is 51.4 Å². The number of rotatable bonds is 5. The van der Waals surface area contributed by atoms with Crippen LogP contribution in [-0.2, 0) is 16.1 Å². The van der Waals surface area contributed by atoms with Crippen LogP contribution in [0.25, 0.3) is 0 Å². The molecule has 4 fully saturated rings. The highest BCUT2D eigenvalue weighted by molar-refractivity contribution is 5.82. The molecule has 5 heteroatoms. The first-order valence-corrected chi connectivity index (χ1v) is 12.9. The number of methoxy groups -OCH3 is 1. The van der Waals surface area contributed by atoms with Crippen molar-refractivity contribution in [2.45, 2.75) is 78.2 Å². The van der Waals surface area contributed by atoms with Crippen LogP contribution in [-0.4, -0.2) is 29.3 Å². The third-order valence-corrected chi connectivity index (χ3v) is 10.5. The second kappa shape index (κ2) is 8.28. The summed E-state index contributed by atoms with van der Waals surface area (Å²) < 4.78 is 7.57. The number of ketones is 1. The first-order valence-electron chi connectivity index (χ1n) is 12.9. The van der Waals surface area contributed by atoms with Gasteiger partial charge >= 0.3 is 0 Å². The molecule has 5 nitrogen and oxygen atoms in total. The van der Waals surface area contributed by atoms with Crippen LogP contribution in [0.4, 0.5) is 0 Å². The zero-order valence-electron chi connectivity index (χ0n) is 20.1. The lowest BCUT2D eigenvalue weighted by molar-refractivity contribution is -0.154. The number of nitriles is 1. The normalized spacial score (nSPS) is 43.1. The smallest absolute Gasteiger partial charge is 0.162 e. The average Bonchev–Trinajstić information content (AvgIpc) is 3.37. The topological polar surface area (TPSA) is 67.9 Å². The van der Waals surface area contributed by atoms with E-state index in [9.17, 15) is 4.79 Å². The van der Waals surface area contributed by atoms with Crippen LogP contribution in [0.5, 0.6) is 0 Å². The molecule has 1 aromatic heterocycles. The molecule has 8 atom stereocenters. The van der Waals surface area contributed by atoms with Crippen LogP contribution in [0.1, 0.15) is 77.3 Å². The fourth-order valence-electron chi connectivity index (χ4n) is 9.12. The third kappa shape index (κ3) is 3.36. The van der Waals surface area contributed by atoms with Crippen LogP contribution in [0.3, 0.4) is 0 Å². The Morgan fingerprint density at radius 1 is 1.22 bits per heavy atom. The number of Topliss-reactive ketones (excluding diaryl/α,β-unsaturated/α-hetero) is 1. The summed E-state index contributed by atoms with van der Waals surface area (Å²) in [5, 5.41) is 13.3. The number of hydrogen-bond donors (Lipinski definition) is 0. The van der Waals surface area contributed by atoms with Crippen molar-refractivity contribution in [3.8, 4) is 6.07 Å². The van der Waals surface area contributed by atoms with Crippen molar-refractivity contribution < 1.29 is 9.53 Å². The van der Waals surface area contributed by atoms with Gasteiger partial charge in [0, 0.05) is 19.2 Å². The van der Waals surface area contributed by atoms with Crippen LogP contribution < -0.4 is 0 Å². The van der Waals surface area contributed by atoms with Crippen LogP contribution in [0.2, 0.25) is 0 Å². The second-order valence-electron chi connectivity index (χ2n) is 11.8. The van der Waals surface area contributed by atoms with E-state index < -0.39 is 0 Å². The van der Waals surface area contributed by atoms with E-state index in [2.05, 4.69) is 25.0 Å². The molecular weight excluding hydrogens is 398 g/mol. The average molecular weight is 438 g/mol. The maximum Gasteiger partial charge on any atom is 0.162 e. The van der Waals surface area contributed by atoms with Gasteiger partial charge in [0.05, 0.1) is 13.2 Å². The maximum atomic E-state index is 13.4. The highest BCUT2D eigenvalue weighted by Gasteiger charge is 2.62. The largest absolute Gasteiger partial charge is 0.384 e. The quantitative estimate of drug-likeness (QED) is 0.631. The molecule has 0 amide bonds. The SMILES string of the molecule is COCC12CCC(C)CC1CCC1C3CCC(C(=O)Cn4ccc(C#N)n4)C3(C)CCC12. The van der Waals surface area contributed by atoms with Crippen LogP contribution in [0, 0.1) is 57.7 Å². The monoisotopic (exact) mass is 437 g/mol. The Bertz CT molecular complexity index is 903. The summed E-state index contributed by atoms with van der Waals surface area (Å²) in [6.45, 7) is 6.09. The highest BCUT2D eigenvalue weighted by atomic mass is 16.5. The van der Waals surface area contributed by atoms with Crippen LogP contribution >= 0.6 is 0 Å². The molecule has 0 saturated heterocycles. The number of aromatic nitrogens is 2. The fraction of sp³-hybridized carbons (Fsp3) is 0.815. The number of carbonyl (C=O) groups is 1. The minimum Gasteiger partial charge on any atom is -0.384 e. The van der Waals surface area contributed by atoms with Gasteiger partial charge in [-0.05, 0) is 97.9 Å². The van der Waals surface area contributed by atoms with E-state index in [-0.39, 0.29) is 11.3 Å². The molecule has 4 saturated carbocycles. The summed E-state index contributed by atoms with van der Waals surface area (Å²) in [6.07, 6.45) is 13.2. The van der Waals surface area contributed by atoms with E-state index >= 15 is 0 Å². The van der Waals surface area contributed by atoms with Crippen molar-refractivity contribution in [2.75, 3.05) is 13.7 Å². The lowest BCUT2D eigenvalue weighted by Crippen LogP contribution is -2.56. The maximum absolute atomic E-state index is 13.4. The van der Waals surface area contributed by atoms with Crippen molar-refractivity contribution >= 4 is 5.78 Å². The molecule has 174 valence electrons. The zero-order chi connectivity index (χ0) is 22.5. The molecule has 1 heterocycles. The number of hydrogen-bond acceptors (Lipinski definition) is 4. The molecule has 4 aliphatic carbocycles. The molecule has 0 radical (unpaired) electrons. The molecule has 0 aromatic carbocycles. The van der Waals surface area contributed by atoms with Crippen molar-refractivity contribution in [2.24, 2.45) is 46.3 Å². The lowest BCUT2D eigenvalue weighted by atomic mass is 9.44. The van der Waals surface area contributed by atoms with Gasteiger partial charge in [0.25, 0.3) is 0 Å². The predicted octanol–water partition coefficient (Wildman–Crippen LogP) is 5.25. The van der Waals surface area contributed by atoms with Gasteiger partial charge in [-0.25, -0.2) is 0 Å². The third-order valence-electron chi connectivity index (χ3n) is 10.5. The van der Waals surface area contributed by atoms with E-state index in [1.54, 1.807) is 16.9 Å². The van der Waals surface area contributed by atoms with Crippen LogP contribution in [0.15, 0.2) is 12.3 Å². The molecule has 0 spiro atoms. The molecule has 0 bridgehead atoms. The molecule has 8 unspecified atom stereocenters. The van der Waals surface area contributed by atoms with Crippen molar-refractivity contribution in [1.82, 2.24) is 9.78 Å². The van der Waals surface area contributed by atoms with Gasteiger partial charge in [0.1, 0.15) is 6.07 Å². The molecule has 32 heavy (non-hydrogen) atoms. The Balaban J connectivity index is 1.36. The van der Waals surface area contributed by atoms with Gasteiger partial charge in [0.2, 0.25) is 0 Å². The lowest BCUT2D eigenvalue weighted by Gasteiger charge is -2.61.